The Morgan fingerprint density at radius 3 is 2.83 bits per heavy atom. The van der Waals surface area contributed by atoms with Gasteiger partial charge in [0.1, 0.15) is 5.82 Å². The molecular formula is C19H15FN2O. The van der Waals surface area contributed by atoms with E-state index in [4.69, 9.17) is 0 Å². The zero-order valence-electron chi connectivity index (χ0n) is 12.6. The summed E-state index contributed by atoms with van der Waals surface area (Å²) in [6, 6.07) is 14.2. The highest BCUT2D eigenvalue weighted by Crippen LogP contribution is 2.17. The third kappa shape index (κ3) is 3.43. The first-order valence-electron chi connectivity index (χ1n) is 7.22. The Morgan fingerprint density at radius 2 is 2.00 bits per heavy atom. The second kappa shape index (κ2) is 6.40. The molecule has 23 heavy (non-hydrogen) atoms. The molecule has 3 rings (SSSR count). The van der Waals surface area contributed by atoms with E-state index in [1.54, 1.807) is 31.3 Å². The molecule has 3 nitrogen and oxygen atoms in total. The Balaban J connectivity index is 1.78. The first-order chi connectivity index (χ1) is 11.1. The van der Waals surface area contributed by atoms with Crippen molar-refractivity contribution in [2.24, 2.45) is 0 Å². The van der Waals surface area contributed by atoms with Crippen LogP contribution in [-0.4, -0.2) is 10.9 Å². The van der Waals surface area contributed by atoms with Gasteiger partial charge in [-0.2, -0.15) is 0 Å². The number of amides is 1. The molecule has 0 unspecified atom stereocenters. The number of halogens is 1. The molecular weight excluding hydrogens is 291 g/mol. The minimum Gasteiger partial charge on any atom is -0.322 e. The first-order valence-corrected chi connectivity index (χ1v) is 7.22. The normalized spacial score (nSPS) is 11.0. The van der Waals surface area contributed by atoms with E-state index >= 15 is 0 Å². The lowest BCUT2D eigenvalue weighted by atomic mass is 10.1. The van der Waals surface area contributed by atoms with Crippen LogP contribution in [0.2, 0.25) is 0 Å². The number of para-hydroxylation sites is 1. The van der Waals surface area contributed by atoms with Crippen molar-refractivity contribution in [3.8, 4) is 0 Å². The molecule has 4 heteroatoms. The van der Waals surface area contributed by atoms with E-state index in [-0.39, 0.29) is 11.7 Å². The van der Waals surface area contributed by atoms with Crippen molar-refractivity contribution in [1.82, 2.24) is 4.98 Å². The van der Waals surface area contributed by atoms with Gasteiger partial charge in [-0.25, -0.2) is 4.39 Å². The standard InChI is InChI=1S/C19H15FN2O/c1-13-7-9-16(12-17(13)20)22-18(23)10-8-15-5-2-4-14-6-3-11-21-19(14)15/h2-12H,1H3,(H,22,23)/b10-8+. The van der Waals surface area contributed by atoms with E-state index in [1.165, 1.54) is 12.1 Å². The number of nitrogens with zero attached hydrogens (tertiary/aromatic N) is 1. The van der Waals surface area contributed by atoms with Crippen LogP contribution in [0.15, 0.2) is 60.8 Å². The maximum absolute atomic E-state index is 13.5. The SMILES string of the molecule is Cc1ccc(NC(=O)/C=C/c2cccc3cccnc23)cc1F. The van der Waals surface area contributed by atoms with Crippen LogP contribution in [0.5, 0.6) is 0 Å². The largest absolute Gasteiger partial charge is 0.322 e. The van der Waals surface area contributed by atoms with Gasteiger partial charge in [-0.15, -0.1) is 0 Å². The fourth-order valence-corrected chi connectivity index (χ4v) is 2.28. The van der Waals surface area contributed by atoms with Gasteiger partial charge in [0.2, 0.25) is 5.91 Å². The van der Waals surface area contributed by atoms with Gasteiger partial charge in [-0.1, -0.05) is 30.3 Å². The zero-order valence-corrected chi connectivity index (χ0v) is 12.6. The number of fused-ring (bicyclic) bond motifs is 1. The maximum Gasteiger partial charge on any atom is 0.248 e. The molecule has 0 bridgehead atoms. The second-order valence-electron chi connectivity index (χ2n) is 5.21. The van der Waals surface area contributed by atoms with Crippen molar-refractivity contribution >= 4 is 28.6 Å². The molecule has 1 heterocycles. The molecule has 0 atom stereocenters. The number of benzene rings is 2. The number of hydrogen-bond acceptors (Lipinski definition) is 2. The zero-order chi connectivity index (χ0) is 16.2. The molecule has 114 valence electrons. The lowest BCUT2D eigenvalue weighted by Crippen LogP contribution is -2.08. The molecule has 1 N–H and O–H groups in total. The summed E-state index contributed by atoms with van der Waals surface area (Å²) in [5, 5.41) is 3.65. The molecule has 0 aliphatic rings. The summed E-state index contributed by atoms with van der Waals surface area (Å²) in [6.45, 7) is 1.67. The van der Waals surface area contributed by atoms with Crippen molar-refractivity contribution in [2.45, 2.75) is 6.92 Å². The number of pyridine rings is 1. The number of carbonyl (C=O) groups excluding carboxylic acids is 1. The van der Waals surface area contributed by atoms with E-state index < -0.39 is 0 Å². The molecule has 3 aromatic rings. The van der Waals surface area contributed by atoms with E-state index in [0.717, 1.165) is 16.5 Å². The third-order valence-electron chi connectivity index (χ3n) is 3.52. The number of rotatable bonds is 3. The Kier molecular flexibility index (Phi) is 4.15. The van der Waals surface area contributed by atoms with Crippen molar-refractivity contribution in [2.75, 3.05) is 5.32 Å². The molecule has 0 saturated carbocycles. The molecule has 2 aromatic carbocycles. The third-order valence-corrected chi connectivity index (χ3v) is 3.52. The van der Waals surface area contributed by atoms with E-state index in [9.17, 15) is 9.18 Å². The van der Waals surface area contributed by atoms with Gasteiger partial charge < -0.3 is 5.32 Å². The van der Waals surface area contributed by atoms with Crippen LogP contribution in [-0.2, 0) is 4.79 Å². The summed E-state index contributed by atoms with van der Waals surface area (Å²) in [5.74, 6) is -0.661. The summed E-state index contributed by atoms with van der Waals surface area (Å²) >= 11 is 0. The first kappa shape index (κ1) is 14.9. The number of carbonyl (C=O) groups is 1. The average Bonchev–Trinajstić information content (AvgIpc) is 2.56. The predicted molar refractivity (Wildman–Crippen MR) is 90.5 cm³/mol. The van der Waals surface area contributed by atoms with E-state index in [2.05, 4.69) is 10.3 Å². The summed E-state index contributed by atoms with van der Waals surface area (Å²) in [6.07, 6.45) is 4.84. The average molecular weight is 306 g/mol. The highest BCUT2D eigenvalue weighted by atomic mass is 19.1. The lowest BCUT2D eigenvalue weighted by molar-refractivity contribution is -0.111. The Labute approximate surface area is 133 Å². The summed E-state index contributed by atoms with van der Waals surface area (Å²) in [4.78, 5) is 16.3. The molecule has 0 aliphatic carbocycles. The monoisotopic (exact) mass is 306 g/mol. The number of hydrogen-bond donors (Lipinski definition) is 1. The minimum atomic E-state index is -0.343. The van der Waals surface area contributed by atoms with Crippen LogP contribution < -0.4 is 5.32 Å². The molecule has 0 spiro atoms. The van der Waals surface area contributed by atoms with Crippen LogP contribution >= 0.6 is 0 Å². The Hall–Kier alpha value is -3.01. The second-order valence-corrected chi connectivity index (χ2v) is 5.21. The number of nitrogens with one attached hydrogen (secondary N) is 1. The van der Waals surface area contributed by atoms with Gasteiger partial charge in [0, 0.05) is 28.9 Å². The van der Waals surface area contributed by atoms with Crippen LogP contribution in [0.1, 0.15) is 11.1 Å². The minimum absolute atomic E-state index is 0.318. The van der Waals surface area contributed by atoms with Gasteiger partial charge in [0.25, 0.3) is 0 Å². The lowest BCUT2D eigenvalue weighted by Gasteiger charge is -2.04. The van der Waals surface area contributed by atoms with Gasteiger partial charge in [-0.3, -0.25) is 9.78 Å². The molecule has 0 saturated heterocycles. The van der Waals surface area contributed by atoms with Crippen LogP contribution in [0.3, 0.4) is 0 Å². The number of anilines is 1. The van der Waals surface area contributed by atoms with E-state index in [1.807, 2.05) is 30.3 Å². The Bertz CT molecular complexity index is 898. The van der Waals surface area contributed by atoms with Gasteiger partial charge >= 0.3 is 0 Å². The van der Waals surface area contributed by atoms with Gasteiger partial charge in [0.05, 0.1) is 5.52 Å². The van der Waals surface area contributed by atoms with Crippen LogP contribution in [0.25, 0.3) is 17.0 Å². The topological polar surface area (TPSA) is 42.0 Å². The van der Waals surface area contributed by atoms with Crippen LogP contribution in [0, 0.1) is 12.7 Å². The van der Waals surface area contributed by atoms with Crippen molar-refractivity contribution < 1.29 is 9.18 Å². The van der Waals surface area contributed by atoms with Crippen LogP contribution in [0.4, 0.5) is 10.1 Å². The van der Waals surface area contributed by atoms with Gasteiger partial charge in [-0.05, 0) is 36.8 Å². The summed E-state index contributed by atoms with van der Waals surface area (Å²) < 4.78 is 13.5. The summed E-state index contributed by atoms with van der Waals surface area (Å²) in [7, 11) is 0. The number of aromatic nitrogens is 1. The quantitative estimate of drug-likeness (QED) is 0.732. The highest BCUT2D eigenvalue weighted by molar-refractivity contribution is 6.03. The number of aryl methyl sites for hydroxylation is 1. The molecule has 0 fully saturated rings. The fraction of sp³-hybridized carbons (Fsp3) is 0.0526. The smallest absolute Gasteiger partial charge is 0.248 e. The Morgan fingerprint density at radius 1 is 1.17 bits per heavy atom. The van der Waals surface area contributed by atoms with Crippen molar-refractivity contribution in [3.05, 3.63) is 77.7 Å². The highest BCUT2D eigenvalue weighted by Gasteiger charge is 2.03. The summed E-state index contributed by atoms with van der Waals surface area (Å²) in [5.41, 5.74) is 2.66. The molecule has 1 amide bonds. The fourth-order valence-electron chi connectivity index (χ4n) is 2.28. The van der Waals surface area contributed by atoms with Gasteiger partial charge in [0.15, 0.2) is 0 Å². The van der Waals surface area contributed by atoms with Crippen molar-refractivity contribution in [1.29, 1.82) is 0 Å². The molecule has 0 aliphatic heterocycles. The molecule has 0 radical (unpaired) electrons. The molecule has 1 aromatic heterocycles. The van der Waals surface area contributed by atoms with E-state index in [0.29, 0.717) is 11.3 Å². The predicted octanol–water partition coefficient (Wildman–Crippen LogP) is 4.33. The van der Waals surface area contributed by atoms with Crippen molar-refractivity contribution in [3.63, 3.8) is 0 Å². The maximum atomic E-state index is 13.5.